The van der Waals surface area contributed by atoms with Gasteiger partial charge in [-0.1, -0.05) is 0 Å². The van der Waals surface area contributed by atoms with E-state index in [1.807, 2.05) is 0 Å². The highest BCUT2D eigenvalue weighted by molar-refractivity contribution is 5.57. The van der Waals surface area contributed by atoms with E-state index in [-0.39, 0.29) is 5.75 Å². The molecule has 0 amide bonds. The van der Waals surface area contributed by atoms with Crippen LogP contribution in [0.15, 0.2) is 12.1 Å². The summed E-state index contributed by atoms with van der Waals surface area (Å²) in [6, 6.07) is 3.12. The fraction of sp³-hybridized carbons (Fsp3) is 0.455. The van der Waals surface area contributed by atoms with Gasteiger partial charge in [0.1, 0.15) is 5.75 Å². The van der Waals surface area contributed by atoms with Crippen molar-refractivity contribution in [2.75, 3.05) is 14.2 Å². The van der Waals surface area contributed by atoms with Crippen LogP contribution in [0.5, 0.6) is 17.2 Å². The van der Waals surface area contributed by atoms with Crippen molar-refractivity contribution < 1.29 is 19.7 Å². The minimum atomic E-state index is -0.941. The van der Waals surface area contributed by atoms with E-state index < -0.39 is 5.60 Å². The molecule has 82 valence electrons. The topological polar surface area (TPSA) is 58.9 Å². The zero-order valence-corrected chi connectivity index (χ0v) is 8.78. The minimum absolute atomic E-state index is 0.0488. The molecule has 1 aromatic carbocycles. The zero-order valence-electron chi connectivity index (χ0n) is 8.78. The van der Waals surface area contributed by atoms with Gasteiger partial charge in [0, 0.05) is 0 Å². The number of benzene rings is 1. The lowest BCUT2D eigenvalue weighted by atomic mass is 10.0. The number of phenolic OH excluding ortho intramolecular Hbond substituents is 1. The Kier molecular flexibility index (Phi) is 2.23. The standard InChI is InChI=1S/C11H14O4/c1-14-8-4-3-7(12)9(10(8)15-2)11(13)5-6-11/h3-4,12-13H,5-6H2,1-2H3. The number of hydrogen-bond donors (Lipinski definition) is 2. The summed E-state index contributed by atoms with van der Waals surface area (Å²) in [6.07, 6.45) is 1.29. The number of aromatic hydroxyl groups is 1. The Hall–Kier alpha value is -1.42. The van der Waals surface area contributed by atoms with Crippen LogP contribution in [-0.4, -0.2) is 24.4 Å². The second-order valence-electron chi connectivity index (χ2n) is 3.73. The summed E-state index contributed by atoms with van der Waals surface area (Å²) in [5.41, 5.74) is -0.506. The van der Waals surface area contributed by atoms with Crippen molar-refractivity contribution in [3.63, 3.8) is 0 Å². The highest BCUT2D eigenvalue weighted by atomic mass is 16.5. The van der Waals surface area contributed by atoms with E-state index >= 15 is 0 Å². The molecule has 1 aliphatic carbocycles. The highest BCUT2D eigenvalue weighted by Gasteiger charge is 2.47. The molecule has 4 nitrogen and oxygen atoms in total. The summed E-state index contributed by atoms with van der Waals surface area (Å²) in [6.45, 7) is 0. The van der Waals surface area contributed by atoms with Crippen molar-refractivity contribution >= 4 is 0 Å². The summed E-state index contributed by atoms with van der Waals surface area (Å²) in [7, 11) is 3.02. The average molecular weight is 210 g/mol. The van der Waals surface area contributed by atoms with Crippen LogP contribution in [0.3, 0.4) is 0 Å². The third-order valence-electron chi connectivity index (χ3n) is 2.71. The predicted molar refractivity (Wildman–Crippen MR) is 54.3 cm³/mol. The monoisotopic (exact) mass is 210 g/mol. The molecule has 1 aromatic rings. The molecule has 0 radical (unpaired) electrons. The van der Waals surface area contributed by atoms with E-state index in [9.17, 15) is 10.2 Å². The molecule has 2 N–H and O–H groups in total. The first-order chi connectivity index (χ1) is 7.12. The maximum absolute atomic E-state index is 10.0. The maximum Gasteiger partial charge on any atom is 0.170 e. The fourth-order valence-electron chi connectivity index (χ4n) is 1.73. The Bertz CT molecular complexity index is 382. The van der Waals surface area contributed by atoms with Crippen molar-refractivity contribution in [2.45, 2.75) is 18.4 Å². The Balaban J connectivity index is 2.59. The average Bonchev–Trinajstić information content (AvgIpc) is 2.96. The van der Waals surface area contributed by atoms with Crippen LogP contribution in [0.4, 0.5) is 0 Å². The molecule has 0 aliphatic heterocycles. The van der Waals surface area contributed by atoms with Crippen LogP contribution in [0.2, 0.25) is 0 Å². The van der Waals surface area contributed by atoms with Gasteiger partial charge in [0.25, 0.3) is 0 Å². The van der Waals surface area contributed by atoms with Crippen molar-refractivity contribution in [1.82, 2.24) is 0 Å². The van der Waals surface area contributed by atoms with Crippen molar-refractivity contribution in [2.24, 2.45) is 0 Å². The molecule has 1 fully saturated rings. The lowest BCUT2D eigenvalue weighted by Crippen LogP contribution is -2.08. The van der Waals surface area contributed by atoms with E-state index in [4.69, 9.17) is 9.47 Å². The largest absolute Gasteiger partial charge is 0.507 e. The van der Waals surface area contributed by atoms with Gasteiger partial charge in [0.15, 0.2) is 11.5 Å². The van der Waals surface area contributed by atoms with Gasteiger partial charge in [-0.25, -0.2) is 0 Å². The summed E-state index contributed by atoms with van der Waals surface area (Å²) >= 11 is 0. The first kappa shape index (κ1) is 10.1. The first-order valence-corrected chi connectivity index (χ1v) is 4.79. The molecule has 0 saturated heterocycles. The molecule has 2 rings (SSSR count). The quantitative estimate of drug-likeness (QED) is 0.791. The van der Waals surface area contributed by atoms with E-state index in [2.05, 4.69) is 0 Å². The van der Waals surface area contributed by atoms with E-state index in [1.54, 1.807) is 6.07 Å². The van der Waals surface area contributed by atoms with Gasteiger partial charge in [-0.3, -0.25) is 0 Å². The van der Waals surface area contributed by atoms with Gasteiger partial charge in [0.2, 0.25) is 0 Å². The zero-order chi connectivity index (χ0) is 11.1. The summed E-state index contributed by atoms with van der Waals surface area (Å²) in [5.74, 6) is 0.982. The Morgan fingerprint density at radius 3 is 2.33 bits per heavy atom. The highest BCUT2D eigenvalue weighted by Crippen LogP contribution is 2.54. The lowest BCUT2D eigenvalue weighted by Gasteiger charge is -2.17. The second-order valence-corrected chi connectivity index (χ2v) is 3.73. The molecule has 0 spiro atoms. The van der Waals surface area contributed by atoms with Crippen LogP contribution < -0.4 is 9.47 Å². The molecule has 0 heterocycles. The van der Waals surface area contributed by atoms with E-state index in [0.717, 1.165) is 0 Å². The van der Waals surface area contributed by atoms with Gasteiger partial charge in [0.05, 0.1) is 25.4 Å². The summed E-state index contributed by atoms with van der Waals surface area (Å²) in [4.78, 5) is 0. The Morgan fingerprint density at radius 1 is 1.20 bits per heavy atom. The Labute approximate surface area is 88.1 Å². The number of phenols is 1. The fourth-order valence-corrected chi connectivity index (χ4v) is 1.73. The third-order valence-corrected chi connectivity index (χ3v) is 2.71. The molecule has 0 unspecified atom stereocenters. The van der Waals surface area contributed by atoms with Gasteiger partial charge in [-0.15, -0.1) is 0 Å². The van der Waals surface area contributed by atoms with E-state index in [0.29, 0.717) is 29.9 Å². The van der Waals surface area contributed by atoms with Crippen molar-refractivity contribution in [3.05, 3.63) is 17.7 Å². The molecule has 15 heavy (non-hydrogen) atoms. The van der Waals surface area contributed by atoms with Crippen LogP contribution in [0.1, 0.15) is 18.4 Å². The third kappa shape index (κ3) is 1.51. The maximum atomic E-state index is 10.0. The summed E-state index contributed by atoms with van der Waals surface area (Å²) < 4.78 is 10.3. The number of ether oxygens (including phenoxy) is 2. The number of methoxy groups -OCH3 is 2. The van der Waals surface area contributed by atoms with Gasteiger partial charge in [-0.2, -0.15) is 0 Å². The van der Waals surface area contributed by atoms with Gasteiger partial charge in [-0.05, 0) is 25.0 Å². The number of hydrogen-bond acceptors (Lipinski definition) is 4. The van der Waals surface area contributed by atoms with Gasteiger partial charge >= 0.3 is 0 Å². The first-order valence-electron chi connectivity index (χ1n) is 4.79. The second kappa shape index (κ2) is 3.31. The van der Waals surface area contributed by atoms with Crippen molar-refractivity contribution in [1.29, 1.82) is 0 Å². The summed E-state index contributed by atoms with van der Waals surface area (Å²) in [5, 5.41) is 19.7. The molecule has 1 saturated carbocycles. The minimum Gasteiger partial charge on any atom is -0.507 e. The van der Waals surface area contributed by atoms with Crippen LogP contribution in [-0.2, 0) is 5.60 Å². The SMILES string of the molecule is COc1ccc(O)c(C2(O)CC2)c1OC. The predicted octanol–water partition coefficient (Wildman–Crippen LogP) is 1.39. The smallest absolute Gasteiger partial charge is 0.170 e. The molecular formula is C11H14O4. The molecule has 1 aliphatic rings. The lowest BCUT2D eigenvalue weighted by molar-refractivity contribution is 0.142. The van der Waals surface area contributed by atoms with Crippen LogP contribution >= 0.6 is 0 Å². The molecule has 4 heteroatoms. The normalized spacial score (nSPS) is 17.3. The molecule has 0 atom stereocenters. The number of aliphatic hydroxyl groups is 1. The van der Waals surface area contributed by atoms with Gasteiger partial charge < -0.3 is 19.7 Å². The van der Waals surface area contributed by atoms with E-state index in [1.165, 1.54) is 20.3 Å². The Morgan fingerprint density at radius 2 is 1.87 bits per heavy atom. The van der Waals surface area contributed by atoms with Crippen LogP contribution in [0, 0.1) is 0 Å². The number of rotatable bonds is 3. The van der Waals surface area contributed by atoms with Crippen molar-refractivity contribution in [3.8, 4) is 17.2 Å². The molecule has 0 bridgehead atoms. The van der Waals surface area contributed by atoms with Crippen LogP contribution in [0.25, 0.3) is 0 Å². The molecular weight excluding hydrogens is 196 g/mol. The molecule has 0 aromatic heterocycles.